The fourth-order valence-electron chi connectivity index (χ4n) is 4.34. The Morgan fingerprint density at radius 2 is 1.86 bits per heavy atom. The average Bonchev–Trinajstić information content (AvgIpc) is 3.24. The summed E-state index contributed by atoms with van der Waals surface area (Å²) < 4.78 is 0. The van der Waals surface area contributed by atoms with Gasteiger partial charge in [0.05, 0.1) is 12.1 Å². The molecule has 0 spiro atoms. The van der Waals surface area contributed by atoms with Crippen LogP contribution in [0.1, 0.15) is 22.3 Å². The summed E-state index contributed by atoms with van der Waals surface area (Å²) in [6, 6.07) is 16.1. The number of aryl methyl sites for hydroxylation is 2. The van der Waals surface area contributed by atoms with Gasteiger partial charge in [0.25, 0.3) is 0 Å². The minimum atomic E-state index is -0.229. The summed E-state index contributed by atoms with van der Waals surface area (Å²) in [6.07, 6.45) is 2.56. The molecule has 5 nitrogen and oxygen atoms in total. The SMILES string of the molecule is CN1C(=O)Cc2cc(CNC(=O)Nc3ccc4c5c(cccc35)CC4)ccc21. The quantitative estimate of drug-likeness (QED) is 0.736. The highest BCUT2D eigenvalue weighted by Gasteiger charge is 2.23. The van der Waals surface area contributed by atoms with Gasteiger partial charge in [-0.25, -0.2) is 4.79 Å². The van der Waals surface area contributed by atoms with Crippen molar-refractivity contribution in [3.05, 3.63) is 70.8 Å². The smallest absolute Gasteiger partial charge is 0.319 e. The Labute approximate surface area is 163 Å². The summed E-state index contributed by atoms with van der Waals surface area (Å²) in [7, 11) is 1.79. The Bertz CT molecular complexity index is 1130. The molecule has 5 rings (SSSR count). The number of amides is 3. The van der Waals surface area contributed by atoms with E-state index in [9.17, 15) is 9.59 Å². The minimum absolute atomic E-state index is 0.102. The maximum absolute atomic E-state index is 12.5. The third-order valence-corrected chi connectivity index (χ3v) is 5.80. The predicted molar refractivity (Wildman–Crippen MR) is 111 cm³/mol. The Balaban J connectivity index is 1.30. The van der Waals surface area contributed by atoms with Gasteiger partial charge in [-0.3, -0.25) is 4.79 Å². The molecule has 3 aromatic rings. The second-order valence-electron chi connectivity index (χ2n) is 7.51. The highest BCUT2D eigenvalue weighted by atomic mass is 16.2. The molecule has 1 heterocycles. The van der Waals surface area contributed by atoms with Gasteiger partial charge in [-0.1, -0.05) is 36.4 Å². The molecule has 140 valence electrons. The van der Waals surface area contributed by atoms with Crippen molar-refractivity contribution in [1.82, 2.24) is 5.32 Å². The fourth-order valence-corrected chi connectivity index (χ4v) is 4.34. The normalized spacial score (nSPS) is 14.5. The van der Waals surface area contributed by atoms with Gasteiger partial charge < -0.3 is 15.5 Å². The molecule has 1 aliphatic carbocycles. The molecule has 0 saturated carbocycles. The standard InChI is InChI=1S/C23H21N3O2/c1-26-20-10-5-14(11-17(20)12-21(26)27)13-24-23(28)25-19-9-8-16-7-6-15-3-2-4-18(19)22(15)16/h2-5,8-11H,6-7,12-13H2,1H3,(H2,24,25,28). The number of carbonyl (C=O) groups excluding carboxylic acids is 2. The first-order valence-electron chi connectivity index (χ1n) is 9.57. The second kappa shape index (κ2) is 6.37. The molecule has 0 bridgehead atoms. The van der Waals surface area contributed by atoms with Crippen LogP contribution in [0.25, 0.3) is 10.8 Å². The Kier molecular flexibility index (Phi) is 3.83. The van der Waals surface area contributed by atoms with E-state index < -0.39 is 0 Å². The van der Waals surface area contributed by atoms with Crippen molar-refractivity contribution in [2.75, 3.05) is 17.3 Å². The molecular weight excluding hydrogens is 350 g/mol. The number of rotatable bonds is 3. The van der Waals surface area contributed by atoms with Crippen molar-refractivity contribution in [2.24, 2.45) is 0 Å². The third-order valence-electron chi connectivity index (χ3n) is 5.80. The molecule has 2 aliphatic rings. The number of carbonyl (C=O) groups is 2. The van der Waals surface area contributed by atoms with Gasteiger partial charge in [-0.05, 0) is 52.6 Å². The number of urea groups is 1. The molecule has 2 N–H and O–H groups in total. The summed E-state index contributed by atoms with van der Waals surface area (Å²) in [5, 5.41) is 8.30. The van der Waals surface area contributed by atoms with E-state index in [1.165, 1.54) is 16.5 Å². The summed E-state index contributed by atoms with van der Waals surface area (Å²) in [5.74, 6) is 0.102. The highest BCUT2D eigenvalue weighted by Crippen LogP contribution is 2.35. The number of nitrogens with one attached hydrogen (secondary N) is 2. The van der Waals surface area contributed by atoms with E-state index in [0.29, 0.717) is 13.0 Å². The van der Waals surface area contributed by atoms with Crippen LogP contribution in [0.5, 0.6) is 0 Å². The molecular formula is C23H21N3O2. The number of anilines is 2. The molecule has 3 aromatic carbocycles. The number of fused-ring (bicyclic) bond motifs is 1. The monoisotopic (exact) mass is 371 g/mol. The van der Waals surface area contributed by atoms with Crippen LogP contribution in [0.15, 0.2) is 48.5 Å². The van der Waals surface area contributed by atoms with Gasteiger partial charge in [0, 0.05) is 24.7 Å². The molecule has 0 saturated heterocycles. The molecule has 28 heavy (non-hydrogen) atoms. The van der Waals surface area contributed by atoms with Crippen molar-refractivity contribution in [3.8, 4) is 0 Å². The minimum Gasteiger partial charge on any atom is -0.334 e. The zero-order valence-electron chi connectivity index (χ0n) is 15.7. The predicted octanol–water partition coefficient (Wildman–Crippen LogP) is 3.78. The van der Waals surface area contributed by atoms with Crippen LogP contribution in [0.2, 0.25) is 0 Å². The van der Waals surface area contributed by atoms with Crippen molar-refractivity contribution in [1.29, 1.82) is 0 Å². The molecule has 0 aromatic heterocycles. The van der Waals surface area contributed by atoms with Crippen molar-refractivity contribution >= 4 is 34.1 Å². The third kappa shape index (κ3) is 2.71. The zero-order valence-corrected chi connectivity index (χ0v) is 15.7. The van der Waals surface area contributed by atoms with Crippen LogP contribution in [0.3, 0.4) is 0 Å². The lowest BCUT2D eigenvalue weighted by molar-refractivity contribution is -0.117. The summed E-state index contributed by atoms with van der Waals surface area (Å²) in [4.78, 5) is 26.0. The number of hydrogen-bond acceptors (Lipinski definition) is 2. The number of likely N-dealkylation sites (N-methyl/N-ethyl adjacent to an activating group) is 1. The van der Waals surface area contributed by atoms with Gasteiger partial charge in [0.2, 0.25) is 5.91 Å². The molecule has 0 atom stereocenters. The Morgan fingerprint density at radius 1 is 1.04 bits per heavy atom. The zero-order chi connectivity index (χ0) is 19.3. The average molecular weight is 371 g/mol. The van der Waals surface area contributed by atoms with Crippen molar-refractivity contribution < 1.29 is 9.59 Å². The van der Waals surface area contributed by atoms with Gasteiger partial charge in [0.15, 0.2) is 0 Å². The first-order valence-corrected chi connectivity index (χ1v) is 9.57. The number of hydrogen-bond donors (Lipinski definition) is 2. The van der Waals surface area contributed by atoms with Gasteiger partial charge in [-0.15, -0.1) is 0 Å². The van der Waals surface area contributed by atoms with Crippen LogP contribution in [0, 0.1) is 0 Å². The van der Waals surface area contributed by atoms with Crippen molar-refractivity contribution in [3.63, 3.8) is 0 Å². The maximum Gasteiger partial charge on any atom is 0.319 e. The van der Waals surface area contributed by atoms with Gasteiger partial charge in [-0.2, -0.15) is 0 Å². The van der Waals surface area contributed by atoms with Crippen LogP contribution in [-0.2, 0) is 30.6 Å². The van der Waals surface area contributed by atoms with Crippen LogP contribution >= 0.6 is 0 Å². The van der Waals surface area contributed by atoms with Crippen LogP contribution in [-0.4, -0.2) is 19.0 Å². The van der Waals surface area contributed by atoms with E-state index in [-0.39, 0.29) is 11.9 Å². The highest BCUT2D eigenvalue weighted by molar-refractivity contribution is 6.04. The maximum atomic E-state index is 12.5. The Morgan fingerprint density at radius 3 is 2.71 bits per heavy atom. The van der Waals surface area contributed by atoms with E-state index in [1.54, 1.807) is 11.9 Å². The number of benzene rings is 3. The van der Waals surface area contributed by atoms with Crippen LogP contribution < -0.4 is 15.5 Å². The fraction of sp³-hybridized carbons (Fsp3) is 0.217. The molecule has 5 heteroatoms. The lowest BCUT2D eigenvalue weighted by atomic mass is 10.0. The topological polar surface area (TPSA) is 61.4 Å². The first-order chi connectivity index (χ1) is 13.6. The van der Waals surface area contributed by atoms with E-state index in [4.69, 9.17) is 0 Å². The summed E-state index contributed by atoms with van der Waals surface area (Å²) >= 11 is 0. The lowest BCUT2D eigenvalue weighted by Crippen LogP contribution is -2.28. The van der Waals surface area contributed by atoms with E-state index in [0.717, 1.165) is 40.7 Å². The second-order valence-corrected chi connectivity index (χ2v) is 7.51. The van der Waals surface area contributed by atoms with Crippen molar-refractivity contribution in [2.45, 2.75) is 25.8 Å². The first kappa shape index (κ1) is 16.8. The lowest BCUT2D eigenvalue weighted by Gasteiger charge is -2.13. The molecule has 0 fully saturated rings. The molecule has 0 radical (unpaired) electrons. The number of nitrogens with zero attached hydrogens (tertiary/aromatic N) is 1. The van der Waals surface area contributed by atoms with Gasteiger partial charge in [0.1, 0.15) is 0 Å². The molecule has 1 aliphatic heterocycles. The van der Waals surface area contributed by atoms with Gasteiger partial charge >= 0.3 is 6.03 Å². The van der Waals surface area contributed by atoms with Crippen LogP contribution in [0.4, 0.5) is 16.2 Å². The molecule has 3 amide bonds. The largest absolute Gasteiger partial charge is 0.334 e. The summed E-state index contributed by atoms with van der Waals surface area (Å²) in [5.41, 5.74) is 6.49. The molecule has 0 unspecified atom stereocenters. The Hall–Kier alpha value is -3.34. The van der Waals surface area contributed by atoms with E-state index in [2.05, 4.69) is 34.9 Å². The van der Waals surface area contributed by atoms with E-state index in [1.807, 2.05) is 24.3 Å². The van der Waals surface area contributed by atoms with E-state index >= 15 is 0 Å². The summed E-state index contributed by atoms with van der Waals surface area (Å²) in [6.45, 7) is 0.415.